The van der Waals surface area contributed by atoms with Gasteiger partial charge in [-0.2, -0.15) is 0 Å². The van der Waals surface area contributed by atoms with Gasteiger partial charge in [-0.25, -0.2) is 8.78 Å². The average Bonchev–Trinajstić information content (AvgIpc) is 2.01. The Morgan fingerprint density at radius 2 is 2.00 bits per heavy atom. The first-order valence-corrected chi connectivity index (χ1v) is 3.90. The summed E-state index contributed by atoms with van der Waals surface area (Å²) in [7, 11) is 0. The van der Waals surface area contributed by atoms with Crippen LogP contribution in [0.15, 0.2) is 24.3 Å². The van der Waals surface area contributed by atoms with Crippen molar-refractivity contribution >= 4 is 5.78 Å². The molecule has 3 heteroatoms. The summed E-state index contributed by atoms with van der Waals surface area (Å²) in [5, 5.41) is 0. The minimum absolute atomic E-state index is 0.0625. The van der Waals surface area contributed by atoms with Gasteiger partial charge in [0.15, 0.2) is 11.5 Å². The fraction of sp³-hybridized carbons (Fsp3) is 0.300. The Morgan fingerprint density at radius 3 is 2.46 bits per heavy atom. The van der Waals surface area contributed by atoms with Crippen LogP contribution in [0.3, 0.4) is 0 Å². The lowest BCUT2D eigenvalue weighted by Crippen LogP contribution is -2.25. The Labute approximate surface area is 75.4 Å². The number of alkyl halides is 1. The van der Waals surface area contributed by atoms with Gasteiger partial charge in [0.25, 0.3) is 0 Å². The van der Waals surface area contributed by atoms with Crippen molar-refractivity contribution in [2.75, 3.05) is 0 Å². The molecule has 0 saturated carbocycles. The monoisotopic (exact) mass is 184 g/mol. The maximum atomic E-state index is 13.1. The number of hydrogen-bond acceptors (Lipinski definition) is 1. The highest BCUT2D eigenvalue weighted by Crippen LogP contribution is 2.17. The summed E-state index contributed by atoms with van der Waals surface area (Å²) in [5.41, 5.74) is -1.89. The fourth-order valence-corrected chi connectivity index (χ4v) is 0.973. The van der Waals surface area contributed by atoms with Gasteiger partial charge in [-0.15, -0.1) is 0 Å². The minimum atomic E-state index is -1.95. The molecule has 1 rings (SSSR count). The topological polar surface area (TPSA) is 17.1 Å². The second-order valence-corrected chi connectivity index (χ2v) is 3.31. The lowest BCUT2D eigenvalue weighted by Gasteiger charge is -2.11. The standard InChI is InChI=1S/C10H10F2O/c1-10(2,12)9(13)7-4-3-5-8(11)6-7/h3-6H,1-2H3. The van der Waals surface area contributed by atoms with Crippen molar-refractivity contribution in [2.24, 2.45) is 0 Å². The molecule has 0 radical (unpaired) electrons. The first-order chi connectivity index (χ1) is 5.91. The first kappa shape index (κ1) is 9.84. The molecule has 0 aromatic heterocycles. The first-order valence-electron chi connectivity index (χ1n) is 3.90. The van der Waals surface area contributed by atoms with E-state index in [0.29, 0.717) is 0 Å². The van der Waals surface area contributed by atoms with Crippen molar-refractivity contribution in [3.63, 3.8) is 0 Å². The summed E-state index contributed by atoms with van der Waals surface area (Å²) in [5.74, 6) is -1.23. The third-order valence-corrected chi connectivity index (χ3v) is 1.63. The van der Waals surface area contributed by atoms with Gasteiger partial charge in [0, 0.05) is 5.56 Å². The smallest absolute Gasteiger partial charge is 0.199 e. The van der Waals surface area contributed by atoms with Gasteiger partial charge in [-0.1, -0.05) is 12.1 Å². The number of benzene rings is 1. The second-order valence-electron chi connectivity index (χ2n) is 3.31. The van der Waals surface area contributed by atoms with E-state index in [1.165, 1.54) is 18.2 Å². The van der Waals surface area contributed by atoms with E-state index < -0.39 is 17.3 Å². The van der Waals surface area contributed by atoms with Crippen LogP contribution in [-0.4, -0.2) is 11.5 Å². The summed E-state index contributed by atoms with van der Waals surface area (Å²) in [6.45, 7) is 2.31. The van der Waals surface area contributed by atoms with Gasteiger partial charge in [0.1, 0.15) is 5.82 Å². The lowest BCUT2D eigenvalue weighted by atomic mass is 9.98. The van der Waals surface area contributed by atoms with Crippen LogP contribution in [0, 0.1) is 5.82 Å². The van der Waals surface area contributed by atoms with Crippen molar-refractivity contribution in [1.29, 1.82) is 0 Å². The number of halogens is 2. The van der Waals surface area contributed by atoms with Crippen molar-refractivity contribution in [3.05, 3.63) is 35.6 Å². The third-order valence-electron chi connectivity index (χ3n) is 1.63. The molecular formula is C10H10F2O. The number of rotatable bonds is 2. The van der Waals surface area contributed by atoms with Gasteiger partial charge in [-0.3, -0.25) is 4.79 Å². The summed E-state index contributed by atoms with van der Waals surface area (Å²) >= 11 is 0. The molecule has 0 spiro atoms. The number of carbonyl (C=O) groups is 1. The summed E-state index contributed by atoms with van der Waals surface area (Å²) in [4.78, 5) is 11.3. The number of hydrogen-bond donors (Lipinski definition) is 0. The van der Waals surface area contributed by atoms with Gasteiger partial charge in [0.2, 0.25) is 0 Å². The van der Waals surface area contributed by atoms with E-state index in [2.05, 4.69) is 0 Å². The molecule has 13 heavy (non-hydrogen) atoms. The van der Waals surface area contributed by atoms with Crippen LogP contribution in [0.1, 0.15) is 24.2 Å². The van der Waals surface area contributed by atoms with Crippen LogP contribution in [0.5, 0.6) is 0 Å². The molecule has 70 valence electrons. The highest BCUT2D eigenvalue weighted by atomic mass is 19.1. The van der Waals surface area contributed by atoms with E-state index in [0.717, 1.165) is 19.9 Å². The average molecular weight is 184 g/mol. The Kier molecular flexibility index (Phi) is 2.45. The molecule has 1 aromatic carbocycles. The molecule has 0 unspecified atom stereocenters. The molecule has 0 aliphatic heterocycles. The van der Waals surface area contributed by atoms with Crippen LogP contribution in [0.25, 0.3) is 0 Å². The van der Waals surface area contributed by atoms with E-state index in [1.807, 2.05) is 0 Å². The van der Waals surface area contributed by atoms with Gasteiger partial charge >= 0.3 is 0 Å². The van der Waals surface area contributed by atoms with Crippen molar-refractivity contribution in [1.82, 2.24) is 0 Å². The zero-order chi connectivity index (χ0) is 10.1. The number of carbonyl (C=O) groups excluding carboxylic acids is 1. The zero-order valence-electron chi connectivity index (χ0n) is 7.47. The molecule has 1 nitrogen and oxygen atoms in total. The SMILES string of the molecule is CC(C)(F)C(=O)c1cccc(F)c1. The van der Waals surface area contributed by atoms with Crippen LogP contribution in [-0.2, 0) is 0 Å². The molecule has 0 atom stereocenters. The van der Waals surface area contributed by atoms with E-state index in [-0.39, 0.29) is 5.56 Å². The van der Waals surface area contributed by atoms with Gasteiger partial charge in [0.05, 0.1) is 0 Å². The Hall–Kier alpha value is -1.25. The predicted octanol–water partition coefficient (Wildman–Crippen LogP) is 2.76. The highest BCUT2D eigenvalue weighted by molar-refractivity contribution is 6.01. The Morgan fingerprint density at radius 1 is 1.38 bits per heavy atom. The summed E-state index contributed by atoms with van der Waals surface area (Å²) in [6, 6.07) is 5.02. The van der Waals surface area contributed by atoms with Crippen LogP contribution < -0.4 is 0 Å². The molecule has 0 fully saturated rings. The molecule has 0 saturated heterocycles. The van der Waals surface area contributed by atoms with E-state index in [4.69, 9.17) is 0 Å². The van der Waals surface area contributed by atoms with E-state index in [1.54, 1.807) is 0 Å². The largest absolute Gasteiger partial charge is 0.291 e. The van der Waals surface area contributed by atoms with E-state index in [9.17, 15) is 13.6 Å². The van der Waals surface area contributed by atoms with Crippen molar-refractivity contribution in [3.8, 4) is 0 Å². The summed E-state index contributed by atoms with van der Waals surface area (Å²) < 4.78 is 25.8. The molecule has 0 N–H and O–H groups in total. The van der Waals surface area contributed by atoms with E-state index >= 15 is 0 Å². The quantitative estimate of drug-likeness (QED) is 0.646. The van der Waals surface area contributed by atoms with Crippen LogP contribution in [0.4, 0.5) is 8.78 Å². The maximum absolute atomic E-state index is 13.1. The van der Waals surface area contributed by atoms with Crippen LogP contribution >= 0.6 is 0 Å². The van der Waals surface area contributed by atoms with Crippen molar-refractivity contribution in [2.45, 2.75) is 19.5 Å². The lowest BCUT2D eigenvalue weighted by molar-refractivity contribution is 0.0760. The number of ketones is 1. The molecule has 0 aliphatic carbocycles. The number of Topliss-reactive ketones (excluding diaryl/α,β-unsaturated/α-hetero) is 1. The Bertz CT molecular complexity index is 326. The zero-order valence-corrected chi connectivity index (χ0v) is 7.47. The second kappa shape index (κ2) is 3.24. The Balaban J connectivity index is 3.03. The normalized spacial score (nSPS) is 11.4. The van der Waals surface area contributed by atoms with Gasteiger partial charge in [-0.05, 0) is 26.0 Å². The molecule has 1 aromatic rings. The summed E-state index contributed by atoms with van der Waals surface area (Å²) in [6.07, 6.45) is 0. The van der Waals surface area contributed by atoms with Crippen molar-refractivity contribution < 1.29 is 13.6 Å². The minimum Gasteiger partial charge on any atom is -0.291 e. The molecule has 0 aliphatic rings. The highest BCUT2D eigenvalue weighted by Gasteiger charge is 2.27. The molecular weight excluding hydrogens is 174 g/mol. The maximum Gasteiger partial charge on any atom is 0.199 e. The molecule has 0 heterocycles. The molecule has 0 amide bonds. The molecule has 0 bridgehead atoms. The van der Waals surface area contributed by atoms with Crippen LogP contribution in [0.2, 0.25) is 0 Å². The van der Waals surface area contributed by atoms with Gasteiger partial charge < -0.3 is 0 Å². The predicted molar refractivity (Wildman–Crippen MR) is 45.9 cm³/mol. The fourth-order valence-electron chi connectivity index (χ4n) is 0.973. The third kappa shape index (κ3) is 2.34.